The molecule has 1 aromatic heterocycles. The van der Waals surface area contributed by atoms with Crippen LogP contribution in [0, 0.1) is 12.3 Å². The lowest BCUT2D eigenvalue weighted by molar-refractivity contribution is -0.0140. The SMILES string of the molecule is Cc1ccc(CN2CC3(CO[C@H](Cc4cncnc4)C3)C2)cc1. The summed E-state index contributed by atoms with van der Waals surface area (Å²) in [5.41, 5.74) is 4.28. The molecule has 23 heavy (non-hydrogen) atoms. The number of hydrogen-bond acceptors (Lipinski definition) is 4. The predicted molar refractivity (Wildman–Crippen MR) is 89.0 cm³/mol. The maximum atomic E-state index is 6.05. The molecule has 2 aromatic rings. The van der Waals surface area contributed by atoms with E-state index in [-0.39, 0.29) is 0 Å². The average Bonchev–Trinajstić information content (AvgIpc) is 2.94. The van der Waals surface area contributed by atoms with Crippen LogP contribution in [-0.2, 0) is 17.7 Å². The smallest absolute Gasteiger partial charge is 0.115 e. The van der Waals surface area contributed by atoms with Gasteiger partial charge in [-0.25, -0.2) is 9.97 Å². The molecule has 0 radical (unpaired) electrons. The van der Waals surface area contributed by atoms with Crippen LogP contribution in [0.2, 0.25) is 0 Å². The van der Waals surface area contributed by atoms with Crippen molar-refractivity contribution in [3.8, 4) is 0 Å². The van der Waals surface area contributed by atoms with Crippen LogP contribution >= 0.6 is 0 Å². The first-order chi connectivity index (χ1) is 11.2. The molecule has 2 fully saturated rings. The van der Waals surface area contributed by atoms with Crippen molar-refractivity contribution in [1.29, 1.82) is 0 Å². The number of benzene rings is 1. The molecular weight excluding hydrogens is 286 g/mol. The van der Waals surface area contributed by atoms with Crippen LogP contribution in [0.15, 0.2) is 43.0 Å². The quantitative estimate of drug-likeness (QED) is 0.870. The molecule has 4 heteroatoms. The van der Waals surface area contributed by atoms with E-state index < -0.39 is 0 Å². The minimum Gasteiger partial charge on any atom is -0.377 e. The number of rotatable bonds is 4. The Morgan fingerprint density at radius 3 is 2.61 bits per heavy atom. The fraction of sp³-hybridized carbons (Fsp3) is 0.474. The highest BCUT2D eigenvalue weighted by atomic mass is 16.5. The summed E-state index contributed by atoms with van der Waals surface area (Å²) in [6.45, 7) is 6.40. The molecule has 1 aromatic carbocycles. The monoisotopic (exact) mass is 309 g/mol. The summed E-state index contributed by atoms with van der Waals surface area (Å²) in [6, 6.07) is 8.87. The van der Waals surface area contributed by atoms with Crippen molar-refractivity contribution >= 4 is 0 Å². The van der Waals surface area contributed by atoms with Crippen LogP contribution in [0.5, 0.6) is 0 Å². The number of likely N-dealkylation sites (tertiary alicyclic amines) is 1. The van der Waals surface area contributed by atoms with Crippen LogP contribution in [0.1, 0.15) is 23.1 Å². The summed E-state index contributed by atoms with van der Waals surface area (Å²) < 4.78 is 6.05. The molecule has 0 amide bonds. The van der Waals surface area contributed by atoms with Gasteiger partial charge in [-0.05, 0) is 24.5 Å². The third-order valence-electron chi connectivity index (χ3n) is 5.01. The largest absolute Gasteiger partial charge is 0.377 e. The van der Waals surface area contributed by atoms with E-state index in [0.29, 0.717) is 11.5 Å². The highest BCUT2D eigenvalue weighted by Crippen LogP contribution is 2.42. The zero-order valence-electron chi connectivity index (χ0n) is 13.6. The summed E-state index contributed by atoms with van der Waals surface area (Å²) in [5.74, 6) is 0. The normalized spacial score (nSPS) is 23.1. The van der Waals surface area contributed by atoms with Gasteiger partial charge in [0.2, 0.25) is 0 Å². The highest BCUT2D eigenvalue weighted by Gasteiger charge is 2.48. The second kappa shape index (κ2) is 6.02. The first-order valence-corrected chi connectivity index (χ1v) is 8.34. The van der Waals surface area contributed by atoms with E-state index in [0.717, 1.165) is 39.1 Å². The minimum absolute atomic E-state index is 0.322. The van der Waals surface area contributed by atoms with Crippen LogP contribution in [0.4, 0.5) is 0 Å². The van der Waals surface area contributed by atoms with Gasteiger partial charge >= 0.3 is 0 Å². The summed E-state index contributed by atoms with van der Waals surface area (Å²) in [7, 11) is 0. The topological polar surface area (TPSA) is 38.2 Å². The van der Waals surface area contributed by atoms with E-state index in [4.69, 9.17) is 4.74 Å². The van der Waals surface area contributed by atoms with E-state index >= 15 is 0 Å². The Balaban J connectivity index is 1.28. The molecule has 4 rings (SSSR count). The van der Waals surface area contributed by atoms with Crippen molar-refractivity contribution in [2.75, 3.05) is 19.7 Å². The van der Waals surface area contributed by atoms with Crippen molar-refractivity contribution in [2.24, 2.45) is 5.41 Å². The van der Waals surface area contributed by atoms with Gasteiger partial charge in [0.05, 0.1) is 12.7 Å². The highest BCUT2D eigenvalue weighted by molar-refractivity contribution is 5.21. The van der Waals surface area contributed by atoms with Crippen LogP contribution in [0.3, 0.4) is 0 Å². The molecule has 0 saturated carbocycles. The second-order valence-corrected chi connectivity index (χ2v) is 7.22. The number of hydrogen-bond donors (Lipinski definition) is 0. The van der Waals surface area contributed by atoms with Crippen molar-refractivity contribution in [3.63, 3.8) is 0 Å². The van der Waals surface area contributed by atoms with Crippen molar-refractivity contribution in [1.82, 2.24) is 14.9 Å². The molecule has 0 unspecified atom stereocenters. The minimum atomic E-state index is 0.322. The maximum absolute atomic E-state index is 6.05. The molecule has 4 nitrogen and oxygen atoms in total. The summed E-state index contributed by atoms with van der Waals surface area (Å²) in [5, 5.41) is 0. The molecule has 2 aliphatic heterocycles. The number of aromatic nitrogens is 2. The van der Waals surface area contributed by atoms with Gasteiger partial charge < -0.3 is 4.74 Å². The molecule has 1 atom stereocenters. The van der Waals surface area contributed by atoms with Crippen molar-refractivity contribution in [2.45, 2.75) is 32.4 Å². The fourth-order valence-corrected chi connectivity index (χ4v) is 3.91. The molecular formula is C19H23N3O. The Bertz CT molecular complexity index is 650. The third kappa shape index (κ3) is 3.28. The van der Waals surface area contributed by atoms with Gasteiger partial charge in [0.25, 0.3) is 0 Å². The molecule has 0 aliphatic carbocycles. The van der Waals surface area contributed by atoms with Crippen LogP contribution in [0.25, 0.3) is 0 Å². The summed E-state index contributed by atoms with van der Waals surface area (Å²) >= 11 is 0. The van der Waals surface area contributed by atoms with Gasteiger partial charge in [-0.15, -0.1) is 0 Å². The first kappa shape index (κ1) is 14.8. The molecule has 2 saturated heterocycles. The standard InChI is InChI=1S/C19H23N3O/c1-15-2-4-16(5-3-15)10-22-11-19(12-22)7-18(23-13-19)6-17-8-20-14-21-9-17/h2-5,8-9,14,18H,6-7,10-13H2,1H3/t18-/m1/s1. The Kier molecular flexibility index (Phi) is 3.87. The van der Waals surface area contributed by atoms with E-state index in [2.05, 4.69) is 46.1 Å². The molecule has 0 bridgehead atoms. The Labute approximate surface area is 137 Å². The molecule has 1 spiro atoms. The van der Waals surface area contributed by atoms with Gasteiger partial charge in [-0.1, -0.05) is 29.8 Å². The van der Waals surface area contributed by atoms with E-state index in [9.17, 15) is 0 Å². The molecule has 120 valence electrons. The second-order valence-electron chi connectivity index (χ2n) is 7.22. The predicted octanol–water partition coefficient (Wildman–Crippen LogP) is 2.62. The van der Waals surface area contributed by atoms with Crippen molar-refractivity contribution < 1.29 is 4.74 Å². The van der Waals surface area contributed by atoms with E-state index in [1.54, 1.807) is 6.33 Å². The lowest BCUT2D eigenvalue weighted by Gasteiger charge is -2.47. The van der Waals surface area contributed by atoms with Gasteiger partial charge in [-0.2, -0.15) is 0 Å². The van der Waals surface area contributed by atoms with E-state index in [1.807, 2.05) is 12.4 Å². The maximum Gasteiger partial charge on any atom is 0.115 e. The molecule has 0 N–H and O–H groups in total. The third-order valence-corrected chi connectivity index (χ3v) is 5.01. The van der Waals surface area contributed by atoms with Crippen molar-refractivity contribution in [3.05, 3.63) is 59.7 Å². The molecule has 2 aliphatic rings. The zero-order valence-corrected chi connectivity index (χ0v) is 13.6. The van der Waals surface area contributed by atoms with Gasteiger partial charge in [0.15, 0.2) is 0 Å². The summed E-state index contributed by atoms with van der Waals surface area (Å²) in [6.07, 6.45) is 7.78. The lowest BCUT2D eigenvalue weighted by atomic mass is 9.77. The Morgan fingerprint density at radius 2 is 1.87 bits per heavy atom. The lowest BCUT2D eigenvalue weighted by Crippen LogP contribution is -2.56. The number of aryl methyl sites for hydroxylation is 1. The number of ether oxygens (including phenoxy) is 1. The molecule has 3 heterocycles. The number of nitrogens with zero attached hydrogens (tertiary/aromatic N) is 3. The zero-order chi connectivity index (χ0) is 15.7. The Morgan fingerprint density at radius 1 is 1.13 bits per heavy atom. The van der Waals surface area contributed by atoms with Gasteiger partial charge in [0.1, 0.15) is 6.33 Å². The summed E-state index contributed by atoms with van der Waals surface area (Å²) in [4.78, 5) is 10.7. The first-order valence-electron chi connectivity index (χ1n) is 8.34. The van der Waals surface area contributed by atoms with Crippen LogP contribution in [-0.4, -0.2) is 40.7 Å². The fourth-order valence-electron chi connectivity index (χ4n) is 3.91. The van der Waals surface area contributed by atoms with Gasteiger partial charge in [0, 0.05) is 43.9 Å². The van der Waals surface area contributed by atoms with E-state index in [1.165, 1.54) is 16.7 Å². The van der Waals surface area contributed by atoms with Gasteiger partial charge in [-0.3, -0.25) is 4.90 Å². The van der Waals surface area contributed by atoms with Crippen LogP contribution < -0.4 is 0 Å². The Hall–Kier alpha value is -1.78. The average molecular weight is 309 g/mol.